The lowest BCUT2D eigenvalue weighted by Crippen LogP contribution is -2.38. The number of aryl methyl sites for hydroxylation is 1. The predicted molar refractivity (Wildman–Crippen MR) is 127 cm³/mol. The molecule has 2 aromatic heterocycles. The van der Waals surface area contributed by atoms with Crippen molar-refractivity contribution < 1.29 is 9.59 Å². The van der Waals surface area contributed by atoms with Crippen molar-refractivity contribution in [1.82, 2.24) is 19.9 Å². The molecule has 2 aromatic carbocycles. The first-order valence-corrected chi connectivity index (χ1v) is 11.2. The first kappa shape index (κ1) is 20.9. The van der Waals surface area contributed by atoms with Crippen LogP contribution in [0.2, 0.25) is 0 Å². The Morgan fingerprint density at radius 1 is 1.06 bits per heavy atom. The molecule has 33 heavy (non-hydrogen) atoms. The Morgan fingerprint density at radius 2 is 1.88 bits per heavy atom. The molecule has 1 atom stereocenters. The third-order valence-corrected chi connectivity index (χ3v) is 6.05. The Hall–Kier alpha value is -4.00. The lowest BCUT2D eigenvalue weighted by molar-refractivity contribution is -0.119. The van der Waals surface area contributed by atoms with E-state index in [1.54, 1.807) is 18.3 Å². The quantitative estimate of drug-likeness (QED) is 0.511. The van der Waals surface area contributed by atoms with Gasteiger partial charge in [-0.2, -0.15) is 0 Å². The molecule has 3 heterocycles. The second-order valence-electron chi connectivity index (χ2n) is 8.26. The van der Waals surface area contributed by atoms with E-state index in [1.165, 1.54) is 11.8 Å². The fraction of sp³-hybridized carbons (Fsp3) is 0.231. The van der Waals surface area contributed by atoms with Gasteiger partial charge >= 0.3 is 0 Å². The molecular weight excluding hydrogens is 414 g/mol. The van der Waals surface area contributed by atoms with Crippen LogP contribution in [-0.2, 0) is 17.8 Å². The number of hydrogen-bond donors (Lipinski definition) is 1. The van der Waals surface area contributed by atoms with E-state index in [2.05, 4.69) is 16.4 Å². The molecule has 0 radical (unpaired) electrons. The molecule has 5 rings (SSSR count). The predicted octanol–water partition coefficient (Wildman–Crippen LogP) is 3.90. The molecule has 2 amide bonds. The zero-order chi connectivity index (χ0) is 22.8. The molecule has 0 saturated carbocycles. The normalized spacial score (nSPS) is 14.0. The van der Waals surface area contributed by atoms with Gasteiger partial charge in [-0.15, -0.1) is 0 Å². The van der Waals surface area contributed by atoms with Crippen molar-refractivity contribution in [3.63, 3.8) is 0 Å². The molecule has 1 aliphatic rings. The maximum Gasteiger partial charge on any atom is 0.253 e. The number of carbonyl (C=O) groups is 2. The average Bonchev–Trinajstić information content (AvgIpc) is 3.22. The topological polar surface area (TPSA) is 80.1 Å². The van der Waals surface area contributed by atoms with E-state index in [9.17, 15) is 9.59 Å². The molecule has 0 bridgehead atoms. The largest absolute Gasteiger partial charge is 0.342 e. The minimum absolute atomic E-state index is 0.0114. The zero-order valence-electron chi connectivity index (χ0n) is 18.4. The third kappa shape index (κ3) is 4.09. The van der Waals surface area contributed by atoms with E-state index in [1.807, 2.05) is 58.9 Å². The number of rotatable bonds is 5. The van der Waals surface area contributed by atoms with Crippen molar-refractivity contribution in [2.75, 3.05) is 11.4 Å². The molecule has 0 saturated heterocycles. The molecule has 7 nitrogen and oxygen atoms in total. The maximum atomic E-state index is 13.5. The summed E-state index contributed by atoms with van der Waals surface area (Å²) in [6.45, 7) is 2.73. The summed E-state index contributed by atoms with van der Waals surface area (Å²) in [7, 11) is 0. The van der Waals surface area contributed by atoms with Crippen LogP contribution in [-0.4, -0.2) is 32.9 Å². The molecule has 7 heteroatoms. The van der Waals surface area contributed by atoms with Gasteiger partial charge in [0.2, 0.25) is 5.91 Å². The van der Waals surface area contributed by atoms with Crippen LogP contribution in [0.4, 0.5) is 5.69 Å². The van der Waals surface area contributed by atoms with Crippen LogP contribution in [0, 0.1) is 0 Å². The number of imidazole rings is 1. The third-order valence-electron chi connectivity index (χ3n) is 6.05. The van der Waals surface area contributed by atoms with Gasteiger partial charge < -0.3 is 14.8 Å². The first-order chi connectivity index (χ1) is 16.1. The molecule has 1 N–H and O–H groups in total. The smallest absolute Gasteiger partial charge is 0.253 e. The van der Waals surface area contributed by atoms with Gasteiger partial charge in [0.15, 0.2) is 0 Å². The number of fused-ring (bicyclic) bond motifs is 2. The molecule has 1 aliphatic heterocycles. The minimum Gasteiger partial charge on any atom is -0.342 e. The number of carbonyl (C=O) groups excluding carboxylic acids is 2. The van der Waals surface area contributed by atoms with Crippen LogP contribution < -0.4 is 10.2 Å². The number of para-hydroxylation sites is 3. The highest BCUT2D eigenvalue weighted by atomic mass is 16.2. The monoisotopic (exact) mass is 439 g/mol. The molecule has 166 valence electrons. The van der Waals surface area contributed by atoms with E-state index in [0.29, 0.717) is 17.9 Å². The lowest BCUT2D eigenvalue weighted by atomic mass is 10.0. The second kappa shape index (κ2) is 8.86. The van der Waals surface area contributed by atoms with Crippen molar-refractivity contribution in [2.45, 2.75) is 32.4 Å². The number of pyridine rings is 1. The minimum atomic E-state index is -0.397. The number of anilines is 1. The molecule has 1 unspecified atom stereocenters. The summed E-state index contributed by atoms with van der Waals surface area (Å²) in [5.41, 5.74) is 4.33. The van der Waals surface area contributed by atoms with E-state index in [-0.39, 0.29) is 18.4 Å². The van der Waals surface area contributed by atoms with Gasteiger partial charge in [0.05, 0.1) is 22.6 Å². The Bertz CT molecular complexity index is 1310. The summed E-state index contributed by atoms with van der Waals surface area (Å²) in [6.07, 6.45) is 5.08. The Kier molecular flexibility index (Phi) is 5.60. The van der Waals surface area contributed by atoms with Gasteiger partial charge in [-0.1, -0.05) is 30.3 Å². The van der Waals surface area contributed by atoms with Gasteiger partial charge in [0.1, 0.15) is 12.4 Å². The fourth-order valence-electron chi connectivity index (χ4n) is 4.45. The zero-order valence-corrected chi connectivity index (χ0v) is 18.4. The van der Waals surface area contributed by atoms with E-state index in [4.69, 9.17) is 4.98 Å². The van der Waals surface area contributed by atoms with Crippen LogP contribution in [0.25, 0.3) is 11.0 Å². The summed E-state index contributed by atoms with van der Waals surface area (Å²) in [5.74, 6) is 0.426. The standard InChI is InChI=1S/C26H25N5O2/c1-18(28-26(33)20-9-6-14-27-16-20)25-29-21-11-3-5-13-23(21)31(25)17-24(32)30-15-7-10-19-8-2-4-12-22(19)30/h2-6,8-9,11-14,16,18H,7,10,15,17H2,1H3,(H,28,33). The molecular formula is C26H25N5O2. The second-order valence-corrected chi connectivity index (χ2v) is 8.26. The molecule has 0 spiro atoms. The van der Waals surface area contributed by atoms with Crippen molar-refractivity contribution in [2.24, 2.45) is 0 Å². The van der Waals surface area contributed by atoms with Gasteiger partial charge in [0, 0.05) is 24.6 Å². The van der Waals surface area contributed by atoms with Crippen molar-refractivity contribution in [3.8, 4) is 0 Å². The SMILES string of the molecule is CC(NC(=O)c1cccnc1)c1nc2ccccc2n1CC(=O)N1CCCc2ccccc21. The van der Waals surface area contributed by atoms with Gasteiger partial charge in [-0.25, -0.2) is 4.98 Å². The van der Waals surface area contributed by atoms with E-state index < -0.39 is 6.04 Å². The van der Waals surface area contributed by atoms with E-state index >= 15 is 0 Å². The number of amides is 2. The van der Waals surface area contributed by atoms with Crippen molar-refractivity contribution in [1.29, 1.82) is 0 Å². The number of hydrogen-bond acceptors (Lipinski definition) is 4. The highest BCUT2D eigenvalue weighted by Crippen LogP contribution is 2.28. The highest BCUT2D eigenvalue weighted by Gasteiger charge is 2.25. The summed E-state index contributed by atoms with van der Waals surface area (Å²) in [6, 6.07) is 18.9. The van der Waals surface area contributed by atoms with Crippen LogP contribution in [0.1, 0.15) is 41.1 Å². The summed E-state index contributed by atoms with van der Waals surface area (Å²) in [4.78, 5) is 36.8. The summed E-state index contributed by atoms with van der Waals surface area (Å²) < 4.78 is 1.92. The van der Waals surface area contributed by atoms with Gasteiger partial charge in [-0.05, 0) is 55.7 Å². The highest BCUT2D eigenvalue weighted by molar-refractivity contribution is 5.96. The maximum absolute atomic E-state index is 13.5. The molecule has 0 fully saturated rings. The lowest BCUT2D eigenvalue weighted by Gasteiger charge is -2.30. The van der Waals surface area contributed by atoms with Crippen LogP contribution in [0.15, 0.2) is 73.1 Å². The van der Waals surface area contributed by atoms with Crippen molar-refractivity contribution >= 4 is 28.5 Å². The Balaban J connectivity index is 1.45. The summed E-state index contributed by atoms with van der Waals surface area (Å²) >= 11 is 0. The Morgan fingerprint density at radius 3 is 2.73 bits per heavy atom. The number of nitrogens with zero attached hydrogens (tertiary/aromatic N) is 4. The van der Waals surface area contributed by atoms with Crippen molar-refractivity contribution in [3.05, 3.63) is 90.0 Å². The number of nitrogens with one attached hydrogen (secondary N) is 1. The van der Waals surface area contributed by atoms with Crippen LogP contribution in [0.3, 0.4) is 0 Å². The van der Waals surface area contributed by atoms with Gasteiger partial charge in [0.25, 0.3) is 5.91 Å². The van der Waals surface area contributed by atoms with Gasteiger partial charge in [-0.3, -0.25) is 14.6 Å². The van der Waals surface area contributed by atoms with Crippen LogP contribution >= 0.6 is 0 Å². The number of aromatic nitrogens is 3. The summed E-state index contributed by atoms with van der Waals surface area (Å²) in [5, 5.41) is 3.00. The first-order valence-electron chi connectivity index (χ1n) is 11.2. The Labute approximate surface area is 192 Å². The number of benzene rings is 2. The van der Waals surface area contributed by atoms with Crippen LogP contribution in [0.5, 0.6) is 0 Å². The average molecular weight is 440 g/mol. The molecule has 0 aliphatic carbocycles. The molecule has 4 aromatic rings. The van der Waals surface area contributed by atoms with E-state index in [0.717, 1.165) is 29.6 Å². The fourth-order valence-corrected chi connectivity index (χ4v) is 4.45.